The summed E-state index contributed by atoms with van der Waals surface area (Å²) in [4.78, 5) is 12.2. The molecule has 0 radical (unpaired) electrons. The molecule has 4 nitrogen and oxygen atoms in total. The molecule has 0 fully saturated rings. The van der Waals surface area contributed by atoms with Gasteiger partial charge in [-0.2, -0.15) is 0 Å². The third kappa shape index (κ3) is 3.29. The second-order valence-electron chi connectivity index (χ2n) is 6.27. The number of carbonyl (C=O) groups excluding carboxylic acids is 1. The summed E-state index contributed by atoms with van der Waals surface area (Å²) in [6, 6.07) is 20.6. The SMILES string of the molecule is O=C(Cn1ccc2ccccc21)NCCCn1ccc2ccccc21. The normalized spacial score (nSPS) is 11.2. The van der Waals surface area contributed by atoms with E-state index in [-0.39, 0.29) is 5.91 Å². The number of nitrogens with zero attached hydrogens (tertiary/aromatic N) is 2. The predicted octanol–water partition coefficient (Wildman–Crippen LogP) is 3.80. The van der Waals surface area contributed by atoms with E-state index in [2.05, 4.69) is 52.5 Å². The Morgan fingerprint density at radius 1 is 0.800 bits per heavy atom. The molecule has 0 aliphatic heterocycles. The molecule has 2 aromatic heterocycles. The quantitative estimate of drug-likeness (QED) is 0.536. The fraction of sp³-hybridized carbons (Fsp3) is 0.190. The van der Waals surface area contributed by atoms with Gasteiger partial charge in [0.2, 0.25) is 5.91 Å². The van der Waals surface area contributed by atoms with Gasteiger partial charge in [-0.1, -0.05) is 36.4 Å². The number of fused-ring (bicyclic) bond motifs is 2. The van der Waals surface area contributed by atoms with Crippen LogP contribution < -0.4 is 5.32 Å². The summed E-state index contributed by atoms with van der Waals surface area (Å²) in [5.41, 5.74) is 2.34. The van der Waals surface area contributed by atoms with Crippen LogP contribution in [0.2, 0.25) is 0 Å². The third-order valence-corrected chi connectivity index (χ3v) is 4.57. The minimum atomic E-state index is 0.0544. The molecule has 1 N–H and O–H groups in total. The van der Waals surface area contributed by atoms with Crippen molar-refractivity contribution < 1.29 is 4.79 Å². The van der Waals surface area contributed by atoms with Crippen LogP contribution in [-0.2, 0) is 17.9 Å². The van der Waals surface area contributed by atoms with E-state index in [0.29, 0.717) is 13.1 Å². The minimum absolute atomic E-state index is 0.0544. The van der Waals surface area contributed by atoms with E-state index in [9.17, 15) is 4.79 Å². The van der Waals surface area contributed by atoms with Crippen molar-refractivity contribution in [2.75, 3.05) is 6.54 Å². The molecule has 0 spiro atoms. The van der Waals surface area contributed by atoms with E-state index in [1.807, 2.05) is 35.0 Å². The Kier molecular flexibility index (Phi) is 4.25. The summed E-state index contributed by atoms with van der Waals surface area (Å²) >= 11 is 0. The molecule has 0 unspecified atom stereocenters. The van der Waals surface area contributed by atoms with Crippen molar-refractivity contribution >= 4 is 27.7 Å². The predicted molar refractivity (Wildman–Crippen MR) is 102 cm³/mol. The van der Waals surface area contributed by atoms with E-state index in [1.54, 1.807) is 0 Å². The van der Waals surface area contributed by atoms with Gasteiger partial charge >= 0.3 is 0 Å². The smallest absolute Gasteiger partial charge is 0.239 e. The summed E-state index contributed by atoms with van der Waals surface area (Å²) in [5, 5.41) is 5.44. The Balaban J connectivity index is 1.29. The molecule has 4 aromatic rings. The van der Waals surface area contributed by atoms with Gasteiger partial charge in [0.25, 0.3) is 0 Å². The van der Waals surface area contributed by atoms with Crippen molar-refractivity contribution in [3.63, 3.8) is 0 Å². The molecule has 0 atom stereocenters. The first kappa shape index (κ1) is 15.5. The Hall–Kier alpha value is -3.01. The van der Waals surface area contributed by atoms with Crippen molar-refractivity contribution in [3.05, 3.63) is 73.1 Å². The van der Waals surface area contributed by atoms with Gasteiger partial charge in [0.15, 0.2) is 0 Å². The van der Waals surface area contributed by atoms with Crippen molar-refractivity contribution in [1.82, 2.24) is 14.5 Å². The molecule has 25 heavy (non-hydrogen) atoms. The zero-order valence-corrected chi connectivity index (χ0v) is 14.1. The van der Waals surface area contributed by atoms with Gasteiger partial charge in [0.1, 0.15) is 6.54 Å². The van der Waals surface area contributed by atoms with E-state index in [0.717, 1.165) is 23.9 Å². The lowest BCUT2D eigenvalue weighted by atomic mass is 10.2. The Morgan fingerprint density at radius 3 is 2.12 bits per heavy atom. The molecule has 0 aliphatic rings. The Bertz CT molecular complexity index is 1010. The van der Waals surface area contributed by atoms with Crippen molar-refractivity contribution in [2.24, 2.45) is 0 Å². The number of rotatable bonds is 6. The van der Waals surface area contributed by atoms with Gasteiger partial charge in [0.05, 0.1) is 0 Å². The monoisotopic (exact) mass is 331 g/mol. The van der Waals surface area contributed by atoms with Crippen LogP contribution in [0.1, 0.15) is 6.42 Å². The summed E-state index contributed by atoms with van der Waals surface area (Å²) < 4.78 is 4.23. The first-order chi connectivity index (χ1) is 12.3. The number of aromatic nitrogens is 2. The van der Waals surface area contributed by atoms with Gasteiger partial charge in [-0.05, 0) is 41.5 Å². The fourth-order valence-electron chi connectivity index (χ4n) is 3.30. The van der Waals surface area contributed by atoms with Crippen LogP contribution in [0.25, 0.3) is 21.8 Å². The Labute approximate surface area is 146 Å². The van der Waals surface area contributed by atoms with Gasteiger partial charge < -0.3 is 14.5 Å². The van der Waals surface area contributed by atoms with Crippen LogP contribution in [0, 0.1) is 0 Å². The van der Waals surface area contributed by atoms with Crippen LogP contribution >= 0.6 is 0 Å². The number of nitrogens with one attached hydrogen (secondary N) is 1. The number of amides is 1. The summed E-state index contributed by atoms with van der Waals surface area (Å²) in [6.45, 7) is 1.95. The first-order valence-corrected chi connectivity index (χ1v) is 8.66. The van der Waals surface area contributed by atoms with Crippen LogP contribution in [0.3, 0.4) is 0 Å². The average molecular weight is 331 g/mol. The van der Waals surface area contributed by atoms with E-state index in [4.69, 9.17) is 0 Å². The van der Waals surface area contributed by atoms with Crippen molar-refractivity contribution in [2.45, 2.75) is 19.5 Å². The maximum absolute atomic E-state index is 12.2. The number of aryl methyl sites for hydroxylation is 1. The number of para-hydroxylation sites is 2. The molecule has 126 valence electrons. The molecule has 0 saturated heterocycles. The highest BCUT2D eigenvalue weighted by Crippen LogP contribution is 2.16. The number of hydrogen-bond donors (Lipinski definition) is 1. The van der Waals surface area contributed by atoms with E-state index >= 15 is 0 Å². The average Bonchev–Trinajstić information content (AvgIpc) is 3.24. The molecule has 0 bridgehead atoms. The topological polar surface area (TPSA) is 39.0 Å². The largest absolute Gasteiger partial charge is 0.354 e. The highest BCUT2D eigenvalue weighted by atomic mass is 16.1. The van der Waals surface area contributed by atoms with E-state index < -0.39 is 0 Å². The highest BCUT2D eigenvalue weighted by Gasteiger charge is 2.06. The number of benzene rings is 2. The summed E-state index contributed by atoms with van der Waals surface area (Å²) in [7, 11) is 0. The van der Waals surface area contributed by atoms with Gasteiger partial charge in [-0.25, -0.2) is 0 Å². The number of carbonyl (C=O) groups is 1. The van der Waals surface area contributed by atoms with Gasteiger partial charge in [-0.3, -0.25) is 4.79 Å². The van der Waals surface area contributed by atoms with Crippen LogP contribution in [0.5, 0.6) is 0 Å². The zero-order valence-electron chi connectivity index (χ0n) is 14.1. The Morgan fingerprint density at radius 2 is 1.40 bits per heavy atom. The lowest BCUT2D eigenvalue weighted by Crippen LogP contribution is -2.28. The highest BCUT2D eigenvalue weighted by molar-refractivity contribution is 5.83. The lowest BCUT2D eigenvalue weighted by molar-refractivity contribution is -0.121. The maximum atomic E-state index is 12.2. The molecule has 2 heterocycles. The van der Waals surface area contributed by atoms with Crippen LogP contribution in [-0.4, -0.2) is 21.6 Å². The third-order valence-electron chi connectivity index (χ3n) is 4.57. The molecule has 0 aliphatic carbocycles. The maximum Gasteiger partial charge on any atom is 0.239 e. The summed E-state index contributed by atoms with van der Waals surface area (Å²) in [6.07, 6.45) is 4.99. The minimum Gasteiger partial charge on any atom is -0.354 e. The lowest BCUT2D eigenvalue weighted by Gasteiger charge is -2.09. The van der Waals surface area contributed by atoms with E-state index in [1.165, 1.54) is 10.9 Å². The molecule has 4 rings (SSSR count). The van der Waals surface area contributed by atoms with Crippen molar-refractivity contribution in [3.8, 4) is 0 Å². The summed E-state index contributed by atoms with van der Waals surface area (Å²) in [5.74, 6) is 0.0544. The molecule has 4 heteroatoms. The molecule has 0 saturated carbocycles. The van der Waals surface area contributed by atoms with Gasteiger partial charge in [0, 0.05) is 36.5 Å². The second-order valence-corrected chi connectivity index (χ2v) is 6.27. The fourth-order valence-corrected chi connectivity index (χ4v) is 3.30. The van der Waals surface area contributed by atoms with Crippen molar-refractivity contribution in [1.29, 1.82) is 0 Å². The molecule has 2 aromatic carbocycles. The molecular weight excluding hydrogens is 310 g/mol. The van der Waals surface area contributed by atoms with Crippen LogP contribution in [0.4, 0.5) is 0 Å². The molecular formula is C21H21N3O. The van der Waals surface area contributed by atoms with Crippen LogP contribution in [0.15, 0.2) is 73.1 Å². The molecule has 1 amide bonds. The van der Waals surface area contributed by atoms with Gasteiger partial charge in [-0.15, -0.1) is 0 Å². The number of hydrogen-bond acceptors (Lipinski definition) is 1. The second kappa shape index (κ2) is 6.85. The first-order valence-electron chi connectivity index (χ1n) is 8.66. The standard InChI is InChI=1S/C21H21N3O/c25-21(16-24-15-11-18-7-2-4-9-20(18)24)22-12-5-13-23-14-10-17-6-1-3-8-19(17)23/h1-4,6-11,14-15H,5,12-13,16H2,(H,22,25). The zero-order chi connectivity index (χ0) is 17.1.